The summed E-state index contributed by atoms with van der Waals surface area (Å²) in [6.07, 6.45) is 0.183. The number of thiocarbonyl (C=S) groups is 1. The lowest BCUT2D eigenvalue weighted by Gasteiger charge is -2.12. The van der Waals surface area contributed by atoms with E-state index in [1.807, 2.05) is 60.7 Å². The van der Waals surface area contributed by atoms with Gasteiger partial charge in [0.15, 0.2) is 11.7 Å². The largest absolute Gasteiger partial charge is 0.484 e. The van der Waals surface area contributed by atoms with Gasteiger partial charge in [-0.2, -0.15) is 0 Å². The van der Waals surface area contributed by atoms with Crippen molar-refractivity contribution in [2.45, 2.75) is 6.42 Å². The number of hydrogen-bond donors (Lipinski definition) is 3. The van der Waals surface area contributed by atoms with Gasteiger partial charge in [0.2, 0.25) is 5.91 Å². The Hall–Kier alpha value is -3.45. The molecule has 0 spiro atoms. The monoisotopic (exact) mass is 393 g/mol. The van der Waals surface area contributed by atoms with Gasteiger partial charge < -0.3 is 4.74 Å². The molecule has 0 saturated heterocycles. The highest BCUT2D eigenvalue weighted by molar-refractivity contribution is 7.80. The van der Waals surface area contributed by atoms with E-state index in [2.05, 4.69) is 16.2 Å². The number of nitrogens with one attached hydrogen (secondary N) is 3. The van der Waals surface area contributed by atoms with Gasteiger partial charge in [-0.1, -0.05) is 60.7 Å². The molecule has 28 heavy (non-hydrogen) atoms. The zero-order valence-electron chi connectivity index (χ0n) is 15.0. The molecule has 0 radical (unpaired) electrons. The Kier molecular flexibility index (Phi) is 6.54. The maximum absolute atomic E-state index is 12.2. The molecule has 0 heterocycles. The van der Waals surface area contributed by atoms with Gasteiger partial charge in [-0.3, -0.25) is 25.8 Å². The Labute approximate surface area is 167 Å². The van der Waals surface area contributed by atoms with Crippen molar-refractivity contribution in [3.05, 3.63) is 78.4 Å². The van der Waals surface area contributed by atoms with Crippen LogP contribution in [0.5, 0.6) is 5.75 Å². The van der Waals surface area contributed by atoms with Crippen LogP contribution in [0.1, 0.15) is 5.56 Å². The highest BCUT2D eigenvalue weighted by atomic mass is 32.1. The predicted molar refractivity (Wildman–Crippen MR) is 112 cm³/mol. The van der Waals surface area contributed by atoms with E-state index in [-0.39, 0.29) is 24.0 Å². The quantitative estimate of drug-likeness (QED) is 0.458. The normalized spacial score (nSPS) is 10.1. The Balaban J connectivity index is 1.43. The topological polar surface area (TPSA) is 79.5 Å². The first kappa shape index (κ1) is 19.3. The fraction of sp³-hybridized carbons (Fsp3) is 0.0952. The minimum atomic E-state index is -0.426. The summed E-state index contributed by atoms with van der Waals surface area (Å²) in [4.78, 5) is 24.0. The van der Waals surface area contributed by atoms with E-state index in [0.717, 1.165) is 16.3 Å². The molecule has 0 aromatic heterocycles. The van der Waals surface area contributed by atoms with E-state index in [0.29, 0.717) is 5.75 Å². The summed E-state index contributed by atoms with van der Waals surface area (Å²) in [5, 5.41) is 4.53. The fourth-order valence-electron chi connectivity index (χ4n) is 2.65. The number of amides is 2. The lowest BCUT2D eigenvalue weighted by atomic mass is 10.0. The van der Waals surface area contributed by atoms with Gasteiger partial charge in [0.1, 0.15) is 5.75 Å². The van der Waals surface area contributed by atoms with E-state index in [4.69, 9.17) is 17.0 Å². The summed E-state index contributed by atoms with van der Waals surface area (Å²) < 4.78 is 5.33. The van der Waals surface area contributed by atoms with Gasteiger partial charge in [-0.05, 0) is 40.7 Å². The molecule has 0 aliphatic carbocycles. The molecule has 0 atom stereocenters. The molecule has 7 heteroatoms. The molecule has 3 aromatic rings. The number of para-hydroxylation sites is 1. The third-order valence-electron chi connectivity index (χ3n) is 3.91. The second-order valence-corrected chi connectivity index (χ2v) is 6.38. The van der Waals surface area contributed by atoms with Gasteiger partial charge >= 0.3 is 0 Å². The summed E-state index contributed by atoms with van der Waals surface area (Å²) in [7, 11) is 0. The van der Waals surface area contributed by atoms with Crippen LogP contribution in [0.4, 0.5) is 0 Å². The van der Waals surface area contributed by atoms with E-state index >= 15 is 0 Å². The van der Waals surface area contributed by atoms with Crippen molar-refractivity contribution in [2.75, 3.05) is 6.61 Å². The average molecular weight is 393 g/mol. The van der Waals surface area contributed by atoms with Crippen molar-refractivity contribution in [3.8, 4) is 5.75 Å². The van der Waals surface area contributed by atoms with Crippen LogP contribution in [0.25, 0.3) is 10.8 Å². The van der Waals surface area contributed by atoms with Crippen LogP contribution in [0.15, 0.2) is 72.8 Å². The molecule has 0 saturated carbocycles. The number of hydrazine groups is 1. The van der Waals surface area contributed by atoms with E-state index < -0.39 is 5.91 Å². The van der Waals surface area contributed by atoms with Crippen molar-refractivity contribution in [1.82, 2.24) is 16.2 Å². The number of carbonyl (C=O) groups excluding carboxylic acids is 2. The van der Waals surface area contributed by atoms with Crippen LogP contribution in [0, 0.1) is 0 Å². The molecule has 0 aliphatic heterocycles. The highest BCUT2D eigenvalue weighted by Gasteiger charge is 2.09. The van der Waals surface area contributed by atoms with Crippen LogP contribution >= 0.6 is 12.2 Å². The van der Waals surface area contributed by atoms with Gasteiger partial charge in [-0.25, -0.2) is 0 Å². The van der Waals surface area contributed by atoms with E-state index in [1.165, 1.54) is 0 Å². The number of ether oxygens (including phenoxy) is 1. The number of rotatable bonds is 5. The number of benzene rings is 3. The maximum atomic E-state index is 12.2. The average Bonchev–Trinajstić information content (AvgIpc) is 2.72. The molecular weight excluding hydrogens is 374 g/mol. The molecule has 3 N–H and O–H groups in total. The Morgan fingerprint density at radius 1 is 0.821 bits per heavy atom. The smallest absolute Gasteiger partial charge is 0.264 e. The van der Waals surface area contributed by atoms with Crippen molar-refractivity contribution in [2.24, 2.45) is 0 Å². The Morgan fingerprint density at radius 2 is 1.54 bits per heavy atom. The van der Waals surface area contributed by atoms with Crippen LogP contribution in [0.3, 0.4) is 0 Å². The van der Waals surface area contributed by atoms with Crippen LogP contribution in [-0.2, 0) is 16.0 Å². The summed E-state index contributed by atoms with van der Waals surface area (Å²) in [5.41, 5.74) is 5.92. The highest BCUT2D eigenvalue weighted by Crippen LogP contribution is 2.18. The summed E-state index contributed by atoms with van der Waals surface area (Å²) in [6.45, 7) is -0.185. The van der Waals surface area contributed by atoms with Crippen molar-refractivity contribution < 1.29 is 14.3 Å². The summed E-state index contributed by atoms with van der Waals surface area (Å²) >= 11 is 5.01. The molecule has 0 bridgehead atoms. The van der Waals surface area contributed by atoms with Crippen LogP contribution in [0.2, 0.25) is 0 Å². The third-order valence-corrected chi connectivity index (χ3v) is 4.12. The van der Waals surface area contributed by atoms with Gasteiger partial charge in [-0.15, -0.1) is 0 Å². The summed E-state index contributed by atoms with van der Waals surface area (Å²) in [6, 6.07) is 22.6. The molecule has 0 aliphatic rings. The molecule has 2 amide bonds. The van der Waals surface area contributed by atoms with Crippen molar-refractivity contribution >= 4 is 39.9 Å². The second-order valence-electron chi connectivity index (χ2n) is 5.97. The molecule has 3 rings (SSSR count). The fourth-order valence-corrected chi connectivity index (χ4v) is 2.81. The first-order chi connectivity index (χ1) is 13.6. The Bertz CT molecular complexity index is 987. The zero-order chi connectivity index (χ0) is 19.8. The van der Waals surface area contributed by atoms with Gasteiger partial charge in [0.25, 0.3) is 5.91 Å². The van der Waals surface area contributed by atoms with Crippen LogP contribution < -0.4 is 20.9 Å². The minimum Gasteiger partial charge on any atom is -0.484 e. The van der Waals surface area contributed by atoms with Crippen molar-refractivity contribution in [1.29, 1.82) is 0 Å². The molecule has 142 valence electrons. The lowest BCUT2D eigenvalue weighted by Crippen LogP contribution is -2.49. The van der Waals surface area contributed by atoms with Crippen LogP contribution in [-0.4, -0.2) is 23.5 Å². The standard InChI is InChI=1S/C21H19N3O3S/c25-19(13-16-9-6-8-15-7-4-5-12-18(15)16)23-24-21(28)22-20(26)14-27-17-10-2-1-3-11-17/h1-12H,13-14H2,(H,23,25)(H2,22,24,26,28). The van der Waals surface area contributed by atoms with Crippen molar-refractivity contribution in [3.63, 3.8) is 0 Å². The number of hydrogen-bond acceptors (Lipinski definition) is 4. The molecule has 0 fully saturated rings. The molecule has 3 aromatic carbocycles. The Morgan fingerprint density at radius 3 is 2.36 bits per heavy atom. The third kappa shape index (κ3) is 5.52. The van der Waals surface area contributed by atoms with E-state index in [1.54, 1.807) is 12.1 Å². The van der Waals surface area contributed by atoms with Gasteiger partial charge in [0, 0.05) is 0 Å². The zero-order valence-corrected chi connectivity index (χ0v) is 15.8. The molecule has 0 unspecified atom stereocenters. The molecular formula is C21H19N3O3S. The summed E-state index contributed by atoms with van der Waals surface area (Å²) in [5.74, 6) is -0.113. The van der Waals surface area contributed by atoms with E-state index in [9.17, 15) is 9.59 Å². The van der Waals surface area contributed by atoms with Gasteiger partial charge in [0.05, 0.1) is 6.42 Å². The maximum Gasteiger partial charge on any atom is 0.264 e. The predicted octanol–water partition coefficient (Wildman–Crippen LogP) is 2.48. The minimum absolute atomic E-state index is 0.00654. The number of fused-ring (bicyclic) bond motifs is 1. The SMILES string of the molecule is O=C(Cc1cccc2ccccc12)NNC(=S)NC(=O)COc1ccccc1. The lowest BCUT2D eigenvalue weighted by molar-refractivity contribution is -0.122. The first-order valence-corrected chi connectivity index (χ1v) is 9.06. The second kappa shape index (κ2) is 9.48. The molecule has 6 nitrogen and oxygen atoms in total. The first-order valence-electron chi connectivity index (χ1n) is 8.65. The number of carbonyl (C=O) groups is 2.